The minimum Gasteiger partial charge on any atom is -0.478 e. The molecule has 0 radical (unpaired) electrons. The van der Waals surface area contributed by atoms with Crippen LogP contribution in [-0.4, -0.2) is 34.2 Å². The number of carboxylic acid groups (broad SMARTS) is 2. The van der Waals surface area contributed by atoms with Crippen molar-refractivity contribution in [3.05, 3.63) is 0 Å². The first-order chi connectivity index (χ1) is 4.95. The number of ether oxygens (including phenoxy) is 1. The van der Waals surface area contributed by atoms with Crippen molar-refractivity contribution in [2.24, 2.45) is 0 Å². The zero-order valence-electron chi connectivity index (χ0n) is 5.60. The van der Waals surface area contributed by atoms with Gasteiger partial charge in [0.1, 0.15) is 0 Å². The smallest absolute Gasteiger partial charge is 0.356 e. The van der Waals surface area contributed by atoms with E-state index < -0.39 is 24.0 Å². The summed E-state index contributed by atoms with van der Waals surface area (Å²) < 4.78 is 3.94. The van der Waals surface area contributed by atoms with Crippen LogP contribution in [0.5, 0.6) is 0 Å². The van der Waals surface area contributed by atoms with Gasteiger partial charge in [-0.15, -0.1) is 0 Å². The van der Waals surface area contributed by atoms with Crippen LogP contribution in [0.25, 0.3) is 0 Å². The van der Waals surface area contributed by atoms with Crippen molar-refractivity contribution < 1.29 is 29.3 Å². The molecule has 0 aromatic carbocycles. The third-order valence-corrected chi connectivity index (χ3v) is 0.732. The van der Waals surface area contributed by atoms with Gasteiger partial charge in [-0.1, -0.05) is 0 Å². The lowest BCUT2D eigenvalue weighted by Crippen LogP contribution is -2.33. The van der Waals surface area contributed by atoms with Crippen LogP contribution in [0, 0.1) is 0 Å². The maximum atomic E-state index is 10.1. The number of rotatable bonds is 3. The van der Waals surface area contributed by atoms with E-state index in [0.29, 0.717) is 0 Å². The molecule has 62 valence electrons. The lowest BCUT2D eigenvalue weighted by Gasteiger charge is -2.05. The number of carboxylic acids is 2. The minimum atomic E-state index is -2.10. The van der Waals surface area contributed by atoms with Gasteiger partial charge in [0, 0.05) is 6.92 Å². The third-order valence-electron chi connectivity index (χ3n) is 0.732. The largest absolute Gasteiger partial charge is 0.478 e. The number of carbonyl (C=O) groups excluding carboxylic acids is 1. The molecule has 0 atom stereocenters. The van der Waals surface area contributed by atoms with Crippen LogP contribution < -0.4 is 0 Å². The normalized spacial score (nSPS) is 9.27. The third kappa shape index (κ3) is 3.19. The molecule has 2 N–H and O–H groups in total. The molecule has 6 heteroatoms. The van der Waals surface area contributed by atoms with Crippen molar-refractivity contribution in [3.63, 3.8) is 0 Å². The van der Waals surface area contributed by atoms with Crippen LogP contribution in [0.4, 0.5) is 0 Å². The standard InChI is InChI=1S/C5H6O6/c1-2(6)11-3(4(7)8)5(9)10/h3H,1H3,(H,7,8)(H,9,10). The summed E-state index contributed by atoms with van der Waals surface area (Å²) in [5.41, 5.74) is 0. The predicted octanol–water partition coefficient (Wildman–Crippen LogP) is -0.913. The van der Waals surface area contributed by atoms with Gasteiger partial charge >= 0.3 is 17.9 Å². The van der Waals surface area contributed by atoms with Crippen molar-refractivity contribution in [2.45, 2.75) is 13.0 Å². The molecule has 0 bridgehead atoms. The Kier molecular flexibility index (Phi) is 3.03. The monoisotopic (exact) mass is 162 g/mol. The van der Waals surface area contributed by atoms with Crippen LogP contribution >= 0.6 is 0 Å². The fourth-order valence-electron chi connectivity index (χ4n) is 0.372. The van der Waals surface area contributed by atoms with Gasteiger partial charge in [0.2, 0.25) is 0 Å². The molecule has 0 heterocycles. The average Bonchev–Trinajstić information content (AvgIpc) is 1.81. The van der Waals surface area contributed by atoms with E-state index in [0.717, 1.165) is 6.92 Å². The Bertz CT molecular complexity index is 181. The Morgan fingerprint density at radius 2 is 1.55 bits per heavy atom. The summed E-state index contributed by atoms with van der Waals surface area (Å²) in [4.78, 5) is 30.2. The van der Waals surface area contributed by atoms with Gasteiger partial charge in [0.15, 0.2) is 0 Å². The molecule has 0 aliphatic carbocycles. The van der Waals surface area contributed by atoms with E-state index >= 15 is 0 Å². The SMILES string of the molecule is CC(=O)OC(C(=O)O)C(=O)O. The number of hydrogen-bond acceptors (Lipinski definition) is 4. The molecule has 0 saturated carbocycles. The highest BCUT2D eigenvalue weighted by atomic mass is 16.6. The van der Waals surface area contributed by atoms with Gasteiger partial charge in [0.25, 0.3) is 6.10 Å². The molecule has 0 aliphatic heterocycles. The fourth-order valence-corrected chi connectivity index (χ4v) is 0.372. The van der Waals surface area contributed by atoms with Crippen molar-refractivity contribution in [1.82, 2.24) is 0 Å². The number of hydrogen-bond donors (Lipinski definition) is 2. The fraction of sp³-hybridized carbons (Fsp3) is 0.400. The molecule has 11 heavy (non-hydrogen) atoms. The van der Waals surface area contributed by atoms with E-state index in [9.17, 15) is 14.4 Å². The van der Waals surface area contributed by atoms with Crippen molar-refractivity contribution in [3.8, 4) is 0 Å². The number of aliphatic carboxylic acids is 2. The Balaban J connectivity index is 4.23. The molecule has 0 fully saturated rings. The summed E-state index contributed by atoms with van der Waals surface area (Å²) in [6, 6.07) is 0. The van der Waals surface area contributed by atoms with Crippen LogP contribution in [0.15, 0.2) is 0 Å². The van der Waals surface area contributed by atoms with Crippen LogP contribution in [0.1, 0.15) is 6.92 Å². The van der Waals surface area contributed by atoms with Crippen LogP contribution in [0.3, 0.4) is 0 Å². The molecular weight excluding hydrogens is 156 g/mol. The molecule has 0 spiro atoms. The highest BCUT2D eigenvalue weighted by molar-refractivity contribution is 5.97. The summed E-state index contributed by atoms with van der Waals surface area (Å²) >= 11 is 0. The number of esters is 1. The second-order valence-corrected chi connectivity index (χ2v) is 1.67. The molecular formula is C5H6O6. The Morgan fingerprint density at radius 3 is 1.64 bits per heavy atom. The quantitative estimate of drug-likeness (QED) is 0.411. The van der Waals surface area contributed by atoms with E-state index in [1.165, 1.54) is 0 Å². The second kappa shape index (κ2) is 3.55. The molecule has 0 aromatic heterocycles. The summed E-state index contributed by atoms with van der Waals surface area (Å²) in [6.45, 7) is 0.929. The maximum Gasteiger partial charge on any atom is 0.356 e. The maximum absolute atomic E-state index is 10.1. The van der Waals surface area contributed by atoms with Gasteiger partial charge in [-0.2, -0.15) is 0 Å². The molecule has 0 saturated heterocycles. The highest BCUT2D eigenvalue weighted by Crippen LogP contribution is 1.92. The first-order valence-corrected chi connectivity index (χ1v) is 2.58. The van der Waals surface area contributed by atoms with Crippen molar-refractivity contribution in [1.29, 1.82) is 0 Å². The number of carbonyl (C=O) groups is 3. The molecule has 6 nitrogen and oxygen atoms in total. The zero-order valence-corrected chi connectivity index (χ0v) is 5.60. The van der Waals surface area contributed by atoms with E-state index in [-0.39, 0.29) is 0 Å². The lowest BCUT2D eigenvalue weighted by atomic mass is 10.4. The average molecular weight is 162 g/mol. The molecule has 0 rings (SSSR count). The molecule has 0 unspecified atom stereocenters. The molecule has 0 amide bonds. The van der Waals surface area contributed by atoms with Gasteiger partial charge in [0.05, 0.1) is 0 Å². The highest BCUT2D eigenvalue weighted by Gasteiger charge is 2.28. The van der Waals surface area contributed by atoms with Gasteiger partial charge < -0.3 is 14.9 Å². The Hall–Kier alpha value is -1.59. The van der Waals surface area contributed by atoms with Crippen molar-refractivity contribution >= 4 is 17.9 Å². The van der Waals surface area contributed by atoms with Gasteiger partial charge in [-0.05, 0) is 0 Å². The molecule has 0 aliphatic rings. The Labute approximate surface area is 61.4 Å². The van der Waals surface area contributed by atoms with E-state index in [1.807, 2.05) is 0 Å². The summed E-state index contributed by atoms with van der Waals surface area (Å²) in [6.07, 6.45) is -2.10. The summed E-state index contributed by atoms with van der Waals surface area (Å²) in [5.74, 6) is -4.35. The Morgan fingerprint density at radius 1 is 1.18 bits per heavy atom. The van der Waals surface area contributed by atoms with E-state index in [4.69, 9.17) is 10.2 Å². The topological polar surface area (TPSA) is 101 Å². The minimum absolute atomic E-state index is 0.929. The van der Waals surface area contributed by atoms with Gasteiger partial charge in [-0.25, -0.2) is 9.59 Å². The van der Waals surface area contributed by atoms with E-state index in [2.05, 4.69) is 4.74 Å². The first kappa shape index (κ1) is 9.41. The van der Waals surface area contributed by atoms with Crippen LogP contribution in [0.2, 0.25) is 0 Å². The second-order valence-electron chi connectivity index (χ2n) is 1.67. The van der Waals surface area contributed by atoms with Crippen LogP contribution in [-0.2, 0) is 19.1 Å². The zero-order chi connectivity index (χ0) is 9.02. The predicted molar refractivity (Wildman–Crippen MR) is 30.8 cm³/mol. The first-order valence-electron chi connectivity index (χ1n) is 2.58. The van der Waals surface area contributed by atoms with Crippen molar-refractivity contribution in [2.75, 3.05) is 0 Å². The summed E-state index contributed by atoms with van der Waals surface area (Å²) in [7, 11) is 0. The lowest BCUT2D eigenvalue weighted by molar-refractivity contribution is -0.173. The van der Waals surface area contributed by atoms with Gasteiger partial charge in [-0.3, -0.25) is 4.79 Å². The molecule has 0 aromatic rings. The summed E-state index contributed by atoms with van der Waals surface area (Å²) in [5, 5.41) is 16.3. The van der Waals surface area contributed by atoms with E-state index in [1.54, 1.807) is 0 Å².